The van der Waals surface area contributed by atoms with Gasteiger partial charge in [0, 0.05) is 22.7 Å². The molecule has 6 heteroatoms. The summed E-state index contributed by atoms with van der Waals surface area (Å²) in [6.07, 6.45) is 1.50. The molecule has 0 bridgehead atoms. The fourth-order valence-corrected chi connectivity index (χ4v) is 2.82. The molecule has 0 amide bonds. The molecule has 0 spiro atoms. The number of nitrogens with zero attached hydrogens (tertiary/aromatic N) is 2. The van der Waals surface area contributed by atoms with Crippen LogP contribution < -0.4 is 5.43 Å². The minimum atomic E-state index is -0.475. The number of fused-ring (bicyclic) bond motifs is 1. The Balaban J connectivity index is 1.75. The zero-order chi connectivity index (χ0) is 18.3. The average molecular weight is 349 g/mol. The maximum atomic E-state index is 13.5. The summed E-state index contributed by atoms with van der Waals surface area (Å²) in [5, 5.41) is 4.20. The number of hydrogen-bond donors (Lipinski definition) is 1. The van der Waals surface area contributed by atoms with Crippen LogP contribution in [0.3, 0.4) is 0 Å². The Morgan fingerprint density at radius 1 is 1.12 bits per heavy atom. The van der Waals surface area contributed by atoms with Crippen LogP contribution in [0.1, 0.15) is 25.3 Å². The maximum absolute atomic E-state index is 13.5. The normalized spacial score (nSPS) is 11.4. The van der Waals surface area contributed by atoms with E-state index in [1.54, 1.807) is 0 Å². The summed E-state index contributed by atoms with van der Waals surface area (Å²) in [7, 11) is 0. The molecule has 2 heterocycles. The highest BCUT2D eigenvalue weighted by Crippen LogP contribution is 2.23. The second-order valence-electron chi connectivity index (χ2n) is 6.42. The van der Waals surface area contributed by atoms with Crippen LogP contribution in [-0.2, 0) is 0 Å². The third-order valence-electron chi connectivity index (χ3n) is 4.33. The van der Waals surface area contributed by atoms with Crippen molar-refractivity contribution in [1.29, 1.82) is 0 Å². The van der Waals surface area contributed by atoms with Crippen molar-refractivity contribution in [3.63, 3.8) is 0 Å². The lowest BCUT2D eigenvalue weighted by molar-refractivity contribution is 0.432. The van der Waals surface area contributed by atoms with Crippen molar-refractivity contribution in [1.82, 2.24) is 15.1 Å². The van der Waals surface area contributed by atoms with Crippen LogP contribution in [0.5, 0.6) is 0 Å². The number of aromatic amines is 1. The highest BCUT2D eigenvalue weighted by Gasteiger charge is 2.16. The zero-order valence-electron chi connectivity index (χ0n) is 14.3. The maximum Gasteiger partial charge on any atom is 0.263 e. The van der Waals surface area contributed by atoms with Gasteiger partial charge in [0.1, 0.15) is 11.4 Å². The van der Waals surface area contributed by atoms with Gasteiger partial charge < -0.3 is 9.51 Å². The summed E-state index contributed by atoms with van der Waals surface area (Å²) >= 11 is 0. The molecule has 5 nitrogen and oxygen atoms in total. The van der Waals surface area contributed by atoms with Gasteiger partial charge in [-0.25, -0.2) is 4.39 Å². The van der Waals surface area contributed by atoms with Crippen molar-refractivity contribution in [2.75, 3.05) is 0 Å². The van der Waals surface area contributed by atoms with Crippen LogP contribution >= 0.6 is 0 Å². The standard InChI is InChI=1S/C20H16FN3O2/c1-11(2)12-3-5-13(6-4-12)19-23-20(26-24-19)16-10-22-17-8-7-14(21)9-15(17)18(16)25/h3-11H,1-2H3,(H,22,25). The molecule has 0 saturated carbocycles. The highest BCUT2D eigenvalue weighted by molar-refractivity contribution is 5.82. The zero-order valence-corrected chi connectivity index (χ0v) is 14.3. The van der Waals surface area contributed by atoms with E-state index >= 15 is 0 Å². The highest BCUT2D eigenvalue weighted by atomic mass is 19.1. The number of benzene rings is 2. The summed E-state index contributed by atoms with van der Waals surface area (Å²) in [5.74, 6) is 0.451. The molecule has 26 heavy (non-hydrogen) atoms. The lowest BCUT2D eigenvalue weighted by Gasteiger charge is -2.04. The van der Waals surface area contributed by atoms with Crippen molar-refractivity contribution in [2.45, 2.75) is 19.8 Å². The van der Waals surface area contributed by atoms with E-state index in [0.717, 1.165) is 5.56 Å². The fraction of sp³-hybridized carbons (Fsp3) is 0.150. The quantitative estimate of drug-likeness (QED) is 0.591. The van der Waals surface area contributed by atoms with Gasteiger partial charge in [-0.3, -0.25) is 4.79 Å². The van der Waals surface area contributed by atoms with Gasteiger partial charge >= 0.3 is 0 Å². The molecule has 0 aliphatic rings. The van der Waals surface area contributed by atoms with Crippen LogP contribution in [0.2, 0.25) is 0 Å². The Morgan fingerprint density at radius 3 is 2.62 bits per heavy atom. The predicted molar refractivity (Wildman–Crippen MR) is 97.3 cm³/mol. The number of halogens is 1. The number of aromatic nitrogens is 3. The Bertz CT molecular complexity index is 1140. The first-order valence-electron chi connectivity index (χ1n) is 8.28. The van der Waals surface area contributed by atoms with Gasteiger partial charge in [0.2, 0.25) is 11.3 Å². The fourth-order valence-electron chi connectivity index (χ4n) is 2.82. The van der Waals surface area contributed by atoms with Gasteiger partial charge in [0.15, 0.2) is 0 Å². The van der Waals surface area contributed by atoms with Crippen molar-refractivity contribution < 1.29 is 8.91 Å². The van der Waals surface area contributed by atoms with E-state index in [9.17, 15) is 9.18 Å². The predicted octanol–water partition coefficient (Wildman–Crippen LogP) is 4.51. The average Bonchev–Trinajstić information content (AvgIpc) is 3.12. The van der Waals surface area contributed by atoms with Crippen LogP contribution in [-0.4, -0.2) is 15.1 Å². The minimum Gasteiger partial charge on any atom is -0.360 e. The van der Waals surface area contributed by atoms with Gasteiger partial charge in [-0.1, -0.05) is 43.3 Å². The van der Waals surface area contributed by atoms with Gasteiger partial charge in [0.05, 0.1) is 0 Å². The number of H-pyrrole nitrogens is 1. The van der Waals surface area contributed by atoms with Gasteiger partial charge in [-0.05, 0) is 29.7 Å². The first kappa shape index (κ1) is 16.2. The molecule has 0 aliphatic heterocycles. The van der Waals surface area contributed by atoms with Crippen LogP contribution in [0, 0.1) is 5.82 Å². The van der Waals surface area contributed by atoms with E-state index < -0.39 is 5.82 Å². The molecule has 0 unspecified atom stereocenters. The first-order chi connectivity index (χ1) is 12.5. The molecule has 0 aliphatic carbocycles. The molecule has 4 rings (SSSR count). The smallest absolute Gasteiger partial charge is 0.263 e. The summed E-state index contributed by atoms with van der Waals surface area (Å²) in [4.78, 5) is 19.9. The second-order valence-corrected chi connectivity index (χ2v) is 6.42. The molecule has 2 aromatic carbocycles. The molecular formula is C20H16FN3O2. The summed E-state index contributed by atoms with van der Waals surface area (Å²) in [5.41, 5.74) is 2.41. The van der Waals surface area contributed by atoms with Crippen molar-refractivity contribution in [3.8, 4) is 22.8 Å². The number of pyridine rings is 1. The van der Waals surface area contributed by atoms with E-state index in [1.165, 1.54) is 30.0 Å². The van der Waals surface area contributed by atoms with E-state index in [0.29, 0.717) is 17.3 Å². The Kier molecular flexibility index (Phi) is 3.88. The lowest BCUT2D eigenvalue weighted by atomic mass is 10.0. The Labute approximate surface area is 148 Å². The van der Waals surface area contributed by atoms with Gasteiger partial charge in [0.25, 0.3) is 5.89 Å². The SMILES string of the molecule is CC(C)c1ccc(-c2noc(-c3c[nH]c4ccc(F)cc4c3=O)n2)cc1. The van der Waals surface area contributed by atoms with Crippen molar-refractivity contribution >= 4 is 10.9 Å². The Morgan fingerprint density at radius 2 is 1.88 bits per heavy atom. The van der Waals surface area contributed by atoms with E-state index in [2.05, 4.69) is 29.0 Å². The van der Waals surface area contributed by atoms with E-state index in [-0.39, 0.29) is 22.3 Å². The summed E-state index contributed by atoms with van der Waals surface area (Å²) in [6, 6.07) is 11.9. The van der Waals surface area contributed by atoms with Gasteiger partial charge in [-0.2, -0.15) is 4.98 Å². The molecule has 0 radical (unpaired) electrons. The number of rotatable bonds is 3. The largest absolute Gasteiger partial charge is 0.360 e. The second kappa shape index (κ2) is 6.22. The van der Waals surface area contributed by atoms with Crippen LogP contribution in [0.15, 0.2) is 58.0 Å². The molecule has 0 atom stereocenters. The first-order valence-corrected chi connectivity index (χ1v) is 8.28. The lowest BCUT2D eigenvalue weighted by Crippen LogP contribution is -2.06. The van der Waals surface area contributed by atoms with Crippen molar-refractivity contribution in [2.24, 2.45) is 0 Å². The van der Waals surface area contributed by atoms with Crippen LogP contribution in [0.25, 0.3) is 33.7 Å². The molecule has 0 fully saturated rings. The topological polar surface area (TPSA) is 71.8 Å². The molecule has 4 aromatic rings. The summed E-state index contributed by atoms with van der Waals surface area (Å²) in [6.45, 7) is 4.24. The minimum absolute atomic E-state index is 0.0975. The third-order valence-corrected chi connectivity index (χ3v) is 4.33. The number of nitrogens with one attached hydrogen (secondary N) is 1. The molecular weight excluding hydrogens is 333 g/mol. The molecule has 2 aromatic heterocycles. The number of hydrogen-bond acceptors (Lipinski definition) is 4. The van der Waals surface area contributed by atoms with Crippen LogP contribution in [0.4, 0.5) is 4.39 Å². The third kappa shape index (κ3) is 2.79. The summed E-state index contributed by atoms with van der Waals surface area (Å²) < 4.78 is 18.7. The van der Waals surface area contributed by atoms with Gasteiger partial charge in [-0.15, -0.1) is 0 Å². The molecule has 130 valence electrons. The molecule has 1 N–H and O–H groups in total. The van der Waals surface area contributed by atoms with Crippen molar-refractivity contribution in [3.05, 3.63) is 70.3 Å². The Hall–Kier alpha value is -3.28. The monoisotopic (exact) mass is 349 g/mol. The molecule has 0 saturated heterocycles. The van der Waals surface area contributed by atoms with E-state index in [1.807, 2.05) is 24.3 Å². The van der Waals surface area contributed by atoms with E-state index in [4.69, 9.17) is 4.52 Å².